The van der Waals surface area contributed by atoms with Crippen LogP contribution in [0.25, 0.3) is 22.2 Å². The van der Waals surface area contributed by atoms with Crippen LogP contribution in [0.3, 0.4) is 0 Å². The lowest BCUT2D eigenvalue weighted by Gasteiger charge is -2.08. The van der Waals surface area contributed by atoms with E-state index in [2.05, 4.69) is 15.6 Å². The number of hydrogen-bond donors (Lipinski definition) is 2. The average Bonchev–Trinajstić information content (AvgIpc) is 3.24. The van der Waals surface area contributed by atoms with E-state index in [1.807, 2.05) is 24.4 Å². The number of nitrogens with one attached hydrogen (secondary N) is 2. The Morgan fingerprint density at radius 2 is 1.77 bits per heavy atom. The first kappa shape index (κ1) is 20.4. The number of fused-ring (bicyclic) bond motifs is 1. The SMILES string of the molecule is CC(=O)Nc1nc(-c2c(C)oc3c(NC(=O)c4c(Cl)cccc4Cl)cccc23)cs1. The first-order valence-corrected chi connectivity index (χ1v) is 10.5. The highest BCUT2D eigenvalue weighted by atomic mass is 35.5. The number of amides is 2. The third-order valence-corrected chi connectivity index (χ3v) is 5.76. The molecule has 0 aliphatic heterocycles. The highest BCUT2D eigenvalue weighted by Gasteiger charge is 2.21. The van der Waals surface area contributed by atoms with Crippen LogP contribution in [0, 0.1) is 6.92 Å². The zero-order valence-corrected chi connectivity index (χ0v) is 18.2. The highest BCUT2D eigenvalue weighted by Crippen LogP contribution is 2.39. The van der Waals surface area contributed by atoms with Gasteiger partial charge in [-0.3, -0.25) is 9.59 Å². The Labute approximate surface area is 185 Å². The number of hydrogen-bond acceptors (Lipinski definition) is 5. The van der Waals surface area contributed by atoms with Crippen molar-refractivity contribution in [2.45, 2.75) is 13.8 Å². The van der Waals surface area contributed by atoms with Crippen molar-refractivity contribution in [1.29, 1.82) is 0 Å². The van der Waals surface area contributed by atoms with Crippen molar-refractivity contribution in [3.8, 4) is 11.3 Å². The third-order valence-electron chi connectivity index (χ3n) is 4.37. The summed E-state index contributed by atoms with van der Waals surface area (Å²) in [5, 5.41) is 9.16. The van der Waals surface area contributed by atoms with Gasteiger partial charge < -0.3 is 15.1 Å². The largest absolute Gasteiger partial charge is 0.458 e. The summed E-state index contributed by atoms with van der Waals surface area (Å²) in [5.41, 5.74) is 2.67. The molecule has 0 saturated carbocycles. The molecule has 6 nitrogen and oxygen atoms in total. The van der Waals surface area contributed by atoms with E-state index in [0.717, 1.165) is 10.9 Å². The summed E-state index contributed by atoms with van der Waals surface area (Å²) in [6.07, 6.45) is 0. The number of rotatable bonds is 4. The molecule has 4 aromatic rings. The molecule has 2 heterocycles. The van der Waals surface area contributed by atoms with Gasteiger partial charge in [0, 0.05) is 17.7 Å². The topological polar surface area (TPSA) is 84.2 Å². The first-order valence-electron chi connectivity index (χ1n) is 8.86. The summed E-state index contributed by atoms with van der Waals surface area (Å²) in [6, 6.07) is 10.3. The van der Waals surface area contributed by atoms with Gasteiger partial charge in [0.2, 0.25) is 5.91 Å². The number of para-hydroxylation sites is 1. The molecule has 0 fully saturated rings. The minimum atomic E-state index is -0.435. The molecule has 4 rings (SSSR count). The summed E-state index contributed by atoms with van der Waals surface area (Å²) in [5.74, 6) is 0.0189. The van der Waals surface area contributed by atoms with Crippen LogP contribution in [0.4, 0.5) is 10.8 Å². The van der Waals surface area contributed by atoms with Crippen molar-refractivity contribution >= 4 is 68.1 Å². The number of aryl methyl sites for hydroxylation is 1. The van der Waals surface area contributed by atoms with Gasteiger partial charge in [-0.1, -0.05) is 41.4 Å². The lowest BCUT2D eigenvalue weighted by Crippen LogP contribution is -2.13. The molecule has 2 aromatic heterocycles. The number of furan rings is 1. The Morgan fingerprint density at radius 1 is 1.07 bits per heavy atom. The van der Waals surface area contributed by atoms with Crippen LogP contribution in [0.1, 0.15) is 23.0 Å². The van der Waals surface area contributed by atoms with E-state index in [4.69, 9.17) is 27.6 Å². The summed E-state index contributed by atoms with van der Waals surface area (Å²) in [7, 11) is 0. The summed E-state index contributed by atoms with van der Waals surface area (Å²) >= 11 is 13.6. The zero-order chi connectivity index (χ0) is 21.4. The summed E-state index contributed by atoms with van der Waals surface area (Å²) in [4.78, 5) is 28.5. The van der Waals surface area contributed by atoms with Gasteiger partial charge in [0.05, 0.1) is 32.6 Å². The molecule has 0 saturated heterocycles. The second-order valence-electron chi connectivity index (χ2n) is 6.49. The first-order chi connectivity index (χ1) is 14.3. The van der Waals surface area contributed by atoms with Gasteiger partial charge in [0.15, 0.2) is 10.7 Å². The fourth-order valence-electron chi connectivity index (χ4n) is 3.15. The molecule has 9 heteroatoms. The quantitative estimate of drug-likeness (QED) is 0.370. The maximum absolute atomic E-state index is 12.8. The molecule has 0 aliphatic rings. The van der Waals surface area contributed by atoms with Crippen molar-refractivity contribution in [2.75, 3.05) is 10.6 Å². The third kappa shape index (κ3) is 3.79. The molecular formula is C21H15Cl2N3O3S. The van der Waals surface area contributed by atoms with E-state index < -0.39 is 5.91 Å². The minimum Gasteiger partial charge on any atom is -0.458 e. The molecule has 0 radical (unpaired) electrons. The van der Waals surface area contributed by atoms with Crippen LogP contribution in [0.2, 0.25) is 10.0 Å². The fraction of sp³-hybridized carbons (Fsp3) is 0.0952. The molecule has 2 amide bonds. The Morgan fingerprint density at radius 3 is 2.47 bits per heavy atom. The van der Waals surface area contributed by atoms with Gasteiger partial charge in [-0.05, 0) is 25.1 Å². The Bertz CT molecular complexity index is 1280. The van der Waals surface area contributed by atoms with Gasteiger partial charge in [-0.25, -0.2) is 4.98 Å². The highest BCUT2D eigenvalue weighted by molar-refractivity contribution is 7.14. The Hall–Kier alpha value is -2.87. The predicted molar refractivity (Wildman–Crippen MR) is 121 cm³/mol. The molecule has 152 valence electrons. The average molecular weight is 460 g/mol. The number of nitrogens with zero attached hydrogens (tertiary/aromatic N) is 1. The van der Waals surface area contributed by atoms with Crippen molar-refractivity contribution < 1.29 is 14.0 Å². The molecular weight excluding hydrogens is 445 g/mol. The maximum atomic E-state index is 12.8. The molecule has 0 aliphatic carbocycles. The molecule has 2 aromatic carbocycles. The zero-order valence-electron chi connectivity index (χ0n) is 15.9. The Kier molecular flexibility index (Phi) is 5.51. The second-order valence-corrected chi connectivity index (χ2v) is 8.16. The number of thiazole rings is 1. The lowest BCUT2D eigenvalue weighted by molar-refractivity contribution is -0.114. The van der Waals surface area contributed by atoms with Crippen LogP contribution in [0.5, 0.6) is 0 Å². The van der Waals surface area contributed by atoms with Crippen molar-refractivity contribution in [3.63, 3.8) is 0 Å². The summed E-state index contributed by atoms with van der Waals surface area (Å²) in [6.45, 7) is 3.25. The molecule has 30 heavy (non-hydrogen) atoms. The molecule has 0 unspecified atom stereocenters. The van der Waals surface area contributed by atoms with Crippen LogP contribution >= 0.6 is 34.5 Å². The number of anilines is 2. The number of aromatic nitrogens is 1. The monoisotopic (exact) mass is 459 g/mol. The van der Waals surface area contributed by atoms with E-state index in [1.165, 1.54) is 18.3 Å². The van der Waals surface area contributed by atoms with Gasteiger partial charge in [-0.2, -0.15) is 0 Å². The molecule has 0 atom stereocenters. The Balaban J connectivity index is 1.74. The second kappa shape index (κ2) is 8.10. The number of carbonyl (C=O) groups excluding carboxylic acids is 2. The van der Waals surface area contributed by atoms with Gasteiger partial charge in [-0.15, -0.1) is 11.3 Å². The predicted octanol–water partition coefficient (Wildman–Crippen LogP) is 6.38. The number of halogens is 2. The number of benzene rings is 2. The smallest absolute Gasteiger partial charge is 0.258 e. The van der Waals surface area contributed by atoms with E-state index >= 15 is 0 Å². The van der Waals surface area contributed by atoms with Crippen molar-refractivity contribution in [3.05, 3.63) is 63.1 Å². The van der Waals surface area contributed by atoms with Crippen LogP contribution in [-0.2, 0) is 4.79 Å². The maximum Gasteiger partial charge on any atom is 0.258 e. The molecule has 2 N–H and O–H groups in total. The number of carbonyl (C=O) groups is 2. The van der Waals surface area contributed by atoms with E-state index in [1.54, 1.807) is 24.3 Å². The van der Waals surface area contributed by atoms with Crippen molar-refractivity contribution in [1.82, 2.24) is 4.98 Å². The van der Waals surface area contributed by atoms with Crippen LogP contribution in [-0.4, -0.2) is 16.8 Å². The normalized spacial score (nSPS) is 10.9. The van der Waals surface area contributed by atoms with E-state index in [9.17, 15) is 9.59 Å². The van der Waals surface area contributed by atoms with Gasteiger partial charge >= 0.3 is 0 Å². The fourth-order valence-corrected chi connectivity index (χ4v) is 4.47. The van der Waals surface area contributed by atoms with Crippen LogP contribution in [0.15, 0.2) is 46.2 Å². The summed E-state index contributed by atoms with van der Waals surface area (Å²) < 4.78 is 5.97. The van der Waals surface area contributed by atoms with E-state index in [-0.39, 0.29) is 21.5 Å². The van der Waals surface area contributed by atoms with Crippen molar-refractivity contribution in [2.24, 2.45) is 0 Å². The standard InChI is InChI=1S/C21H15Cl2N3O3S/c1-10-17(16-9-30-21(26-16)24-11(2)27)12-5-3-8-15(19(12)29-10)25-20(28)18-13(22)6-4-7-14(18)23/h3-9H,1-2H3,(H,25,28)(H,24,26,27). The minimum absolute atomic E-state index is 0.187. The molecule has 0 spiro atoms. The van der Waals surface area contributed by atoms with Gasteiger partial charge in [0.25, 0.3) is 5.91 Å². The molecule has 0 bridgehead atoms. The van der Waals surface area contributed by atoms with Gasteiger partial charge in [0.1, 0.15) is 5.76 Å². The van der Waals surface area contributed by atoms with Crippen LogP contribution < -0.4 is 10.6 Å². The lowest BCUT2D eigenvalue weighted by atomic mass is 10.1. The van der Waals surface area contributed by atoms with E-state index in [0.29, 0.717) is 27.9 Å².